The van der Waals surface area contributed by atoms with Crippen LogP contribution in [0.15, 0.2) is 29.6 Å². The van der Waals surface area contributed by atoms with E-state index in [0.29, 0.717) is 0 Å². The summed E-state index contributed by atoms with van der Waals surface area (Å²) in [7, 11) is 0. The molecule has 0 radical (unpaired) electrons. The maximum atomic E-state index is 12.1. The van der Waals surface area contributed by atoms with Gasteiger partial charge in [-0.1, -0.05) is 32.4 Å². The van der Waals surface area contributed by atoms with Crippen molar-refractivity contribution in [1.82, 2.24) is 4.98 Å². The molecule has 1 aromatic heterocycles. The van der Waals surface area contributed by atoms with Crippen molar-refractivity contribution < 1.29 is 4.79 Å². The zero-order valence-corrected chi connectivity index (χ0v) is 14.6. The van der Waals surface area contributed by atoms with Crippen molar-refractivity contribution >= 4 is 35.3 Å². The zero-order chi connectivity index (χ0) is 15.4. The first-order valence-electron chi connectivity index (χ1n) is 7.10. The van der Waals surface area contributed by atoms with Crippen LogP contribution in [0.2, 0.25) is 0 Å². The quantitative estimate of drug-likeness (QED) is 0.869. The van der Waals surface area contributed by atoms with Crippen LogP contribution in [0.3, 0.4) is 0 Å². The van der Waals surface area contributed by atoms with Crippen molar-refractivity contribution in [2.75, 3.05) is 5.32 Å². The molecular formula is C16H22ClN3OS. The highest BCUT2D eigenvalue weighted by Crippen LogP contribution is 2.24. The predicted octanol–water partition coefficient (Wildman–Crippen LogP) is 3.85. The second kappa shape index (κ2) is 8.27. The van der Waals surface area contributed by atoms with Gasteiger partial charge in [0, 0.05) is 16.6 Å². The lowest BCUT2D eigenvalue weighted by molar-refractivity contribution is -0.118. The Labute approximate surface area is 141 Å². The largest absolute Gasteiger partial charge is 0.325 e. The average Bonchev–Trinajstić information content (AvgIpc) is 2.92. The van der Waals surface area contributed by atoms with Gasteiger partial charge in [0.15, 0.2) is 0 Å². The molecule has 1 heterocycles. The number of aromatic nitrogens is 1. The Balaban J connectivity index is 0.00000242. The maximum absolute atomic E-state index is 12.1. The standard InChI is InChI=1S/C16H21N3OS.ClH/c1-4-10(2)15(17)16(20)19-13-7-5-6-12(8-13)14-9-21-11(3)18-14;/h5-10,15H,4,17H2,1-3H3,(H,19,20);1H. The summed E-state index contributed by atoms with van der Waals surface area (Å²) in [6.07, 6.45) is 0.882. The fourth-order valence-corrected chi connectivity index (χ4v) is 2.61. The molecule has 120 valence electrons. The highest BCUT2D eigenvalue weighted by molar-refractivity contribution is 7.09. The number of hydrogen-bond donors (Lipinski definition) is 2. The molecule has 2 aromatic rings. The third-order valence-corrected chi connectivity index (χ3v) is 4.38. The first-order chi connectivity index (χ1) is 10.0. The summed E-state index contributed by atoms with van der Waals surface area (Å²) in [5, 5.41) is 5.93. The van der Waals surface area contributed by atoms with E-state index in [1.165, 1.54) is 0 Å². The van der Waals surface area contributed by atoms with Crippen molar-refractivity contribution in [1.29, 1.82) is 0 Å². The number of thiazole rings is 1. The van der Waals surface area contributed by atoms with Gasteiger partial charge in [0.2, 0.25) is 5.91 Å². The smallest absolute Gasteiger partial charge is 0.241 e. The summed E-state index contributed by atoms with van der Waals surface area (Å²) in [5.41, 5.74) is 8.63. The highest BCUT2D eigenvalue weighted by Gasteiger charge is 2.19. The monoisotopic (exact) mass is 339 g/mol. The van der Waals surface area contributed by atoms with E-state index in [4.69, 9.17) is 5.73 Å². The fraction of sp³-hybridized carbons (Fsp3) is 0.375. The number of nitrogens with zero attached hydrogens (tertiary/aromatic N) is 1. The third kappa shape index (κ3) is 4.53. The summed E-state index contributed by atoms with van der Waals surface area (Å²) < 4.78 is 0. The molecule has 0 fully saturated rings. The molecule has 0 bridgehead atoms. The van der Waals surface area contributed by atoms with E-state index in [0.717, 1.165) is 28.4 Å². The number of nitrogens with one attached hydrogen (secondary N) is 1. The zero-order valence-electron chi connectivity index (χ0n) is 13.0. The van der Waals surface area contributed by atoms with Gasteiger partial charge in [-0.2, -0.15) is 0 Å². The lowest BCUT2D eigenvalue weighted by Crippen LogP contribution is -2.40. The van der Waals surface area contributed by atoms with Crippen LogP contribution in [0.25, 0.3) is 11.3 Å². The lowest BCUT2D eigenvalue weighted by Gasteiger charge is -2.17. The number of benzene rings is 1. The van der Waals surface area contributed by atoms with Crippen molar-refractivity contribution in [3.8, 4) is 11.3 Å². The minimum absolute atomic E-state index is 0. The second-order valence-electron chi connectivity index (χ2n) is 5.23. The number of carbonyl (C=O) groups excluding carboxylic acids is 1. The number of amides is 1. The Hall–Kier alpha value is -1.43. The minimum atomic E-state index is -0.486. The van der Waals surface area contributed by atoms with Crippen molar-refractivity contribution in [3.63, 3.8) is 0 Å². The molecule has 0 aliphatic carbocycles. The van der Waals surface area contributed by atoms with Crippen LogP contribution < -0.4 is 11.1 Å². The summed E-state index contributed by atoms with van der Waals surface area (Å²) >= 11 is 1.61. The molecule has 2 atom stereocenters. The van der Waals surface area contributed by atoms with Gasteiger partial charge >= 0.3 is 0 Å². The van der Waals surface area contributed by atoms with Crippen molar-refractivity contribution in [3.05, 3.63) is 34.7 Å². The molecule has 0 aliphatic rings. The molecule has 0 spiro atoms. The molecule has 0 saturated carbocycles. The first-order valence-corrected chi connectivity index (χ1v) is 7.98. The molecule has 1 amide bonds. The fourth-order valence-electron chi connectivity index (χ4n) is 1.99. The number of aryl methyl sites for hydroxylation is 1. The maximum Gasteiger partial charge on any atom is 0.241 e. The van der Waals surface area contributed by atoms with Crippen LogP contribution in [-0.4, -0.2) is 16.9 Å². The van der Waals surface area contributed by atoms with Crippen molar-refractivity contribution in [2.45, 2.75) is 33.2 Å². The Morgan fingerprint density at radius 3 is 2.77 bits per heavy atom. The molecule has 3 N–H and O–H groups in total. The van der Waals surface area contributed by atoms with Crippen LogP contribution in [0.4, 0.5) is 5.69 Å². The van der Waals surface area contributed by atoms with E-state index in [2.05, 4.69) is 10.3 Å². The van der Waals surface area contributed by atoms with E-state index < -0.39 is 6.04 Å². The topological polar surface area (TPSA) is 68.0 Å². The number of anilines is 1. The molecule has 6 heteroatoms. The van der Waals surface area contributed by atoms with Crippen LogP contribution in [0, 0.1) is 12.8 Å². The summed E-state index contributed by atoms with van der Waals surface area (Å²) in [4.78, 5) is 16.6. The second-order valence-corrected chi connectivity index (χ2v) is 6.30. The Morgan fingerprint density at radius 1 is 1.45 bits per heavy atom. The van der Waals surface area contributed by atoms with Crippen LogP contribution in [0.1, 0.15) is 25.3 Å². The van der Waals surface area contributed by atoms with Gasteiger partial charge in [-0.05, 0) is 25.0 Å². The van der Waals surface area contributed by atoms with Crippen molar-refractivity contribution in [2.24, 2.45) is 11.7 Å². The summed E-state index contributed by atoms with van der Waals surface area (Å²) in [6, 6.07) is 7.20. The number of carbonyl (C=O) groups is 1. The summed E-state index contributed by atoms with van der Waals surface area (Å²) in [6.45, 7) is 5.99. The molecule has 4 nitrogen and oxygen atoms in total. The van der Waals surface area contributed by atoms with E-state index in [1.54, 1.807) is 11.3 Å². The molecule has 0 aliphatic heterocycles. The van der Waals surface area contributed by atoms with Gasteiger partial charge in [0.05, 0.1) is 16.7 Å². The predicted molar refractivity (Wildman–Crippen MR) is 95.6 cm³/mol. The molecule has 0 saturated heterocycles. The molecule has 2 unspecified atom stereocenters. The number of hydrogen-bond acceptors (Lipinski definition) is 4. The summed E-state index contributed by atoms with van der Waals surface area (Å²) in [5.74, 6) is 0.0188. The van der Waals surface area contributed by atoms with Gasteiger partial charge in [0.25, 0.3) is 0 Å². The van der Waals surface area contributed by atoms with Gasteiger partial charge in [0.1, 0.15) is 0 Å². The van der Waals surface area contributed by atoms with Crippen LogP contribution >= 0.6 is 23.7 Å². The first kappa shape index (κ1) is 18.6. The van der Waals surface area contributed by atoms with E-state index in [9.17, 15) is 4.79 Å². The number of rotatable bonds is 5. The third-order valence-electron chi connectivity index (χ3n) is 3.60. The van der Waals surface area contributed by atoms with Gasteiger partial charge in [-0.25, -0.2) is 4.98 Å². The van der Waals surface area contributed by atoms with Crippen LogP contribution in [0.5, 0.6) is 0 Å². The molecular weight excluding hydrogens is 318 g/mol. The minimum Gasteiger partial charge on any atom is -0.325 e. The van der Waals surface area contributed by atoms with E-state index in [1.807, 2.05) is 50.4 Å². The molecule has 1 aromatic carbocycles. The average molecular weight is 340 g/mol. The van der Waals surface area contributed by atoms with Gasteiger partial charge in [-0.15, -0.1) is 23.7 Å². The number of halogens is 1. The molecule has 22 heavy (non-hydrogen) atoms. The highest BCUT2D eigenvalue weighted by atomic mass is 35.5. The van der Waals surface area contributed by atoms with E-state index >= 15 is 0 Å². The van der Waals surface area contributed by atoms with Gasteiger partial charge in [-0.3, -0.25) is 4.79 Å². The molecule has 2 rings (SSSR count). The Kier molecular flexibility index (Phi) is 7.00. The normalized spacial score (nSPS) is 13.1. The lowest BCUT2D eigenvalue weighted by atomic mass is 9.99. The number of nitrogens with two attached hydrogens (primary N) is 1. The van der Waals surface area contributed by atoms with Gasteiger partial charge < -0.3 is 11.1 Å². The van der Waals surface area contributed by atoms with E-state index in [-0.39, 0.29) is 24.2 Å². The Bertz CT molecular complexity index is 629. The van der Waals surface area contributed by atoms with Crippen LogP contribution in [-0.2, 0) is 4.79 Å². The Morgan fingerprint density at radius 2 is 2.18 bits per heavy atom. The SMILES string of the molecule is CCC(C)C(N)C(=O)Nc1cccc(-c2csc(C)n2)c1.Cl.